The number of imidazole rings is 1. The van der Waals surface area contributed by atoms with Gasteiger partial charge in [-0.05, 0) is 18.7 Å². The molecule has 0 saturated carbocycles. The van der Waals surface area contributed by atoms with Gasteiger partial charge in [-0.1, -0.05) is 6.92 Å². The first-order chi connectivity index (χ1) is 10.7. The van der Waals surface area contributed by atoms with Crippen LogP contribution in [0.15, 0.2) is 30.7 Å². The molecular formula is C15H19N5O2. The topological polar surface area (TPSA) is 85.3 Å². The Morgan fingerprint density at radius 2 is 2.27 bits per heavy atom. The number of carbonyl (C=O) groups excluding carboxylic acids is 1. The number of rotatable bonds is 3. The number of aromatic nitrogens is 3. The fourth-order valence-electron chi connectivity index (χ4n) is 2.81. The molecule has 2 aromatic rings. The van der Waals surface area contributed by atoms with Crippen molar-refractivity contribution < 1.29 is 9.90 Å². The lowest BCUT2D eigenvalue weighted by atomic mass is 10.1. The second-order valence-electron chi connectivity index (χ2n) is 5.24. The molecule has 1 aliphatic rings. The minimum Gasteiger partial charge on any atom is -0.505 e. The van der Waals surface area contributed by atoms with Crippen LogP contribution in [0.4, 0.5) is 0 Å². The summed E-state index contributed by atoms with van der Waals surface area (Å²) in [5.74, 6) is 0.523. The summed E-state index contributed by atoms with van der Waals surface area (Å²) >= 11 is 0. The van der Waals surface area contributed by atoms with Gasteiger partial charge in [0.1, 0.15) is 11.6 Å². The summed E-state index contributed by atoms with van der Waals surface area (Å²) in [4.78, 5) is 28.0. The Balaban J connectivity index is 1.81. The number of hydrogen-bond donors (Lipinski definition) is 2. The SMILES string of the molecule is CCN1CCN(C(=O)c2ncccc2O)C[C@@H]1c1ncc[nH]1. The first-order valence-electron chi connectivity index (χ1n) is 7.37. The van der Waals surface area contributed by atoms with Crippen LogP contribution in [-0.4, -0.2) is 61.9 Å². The van der Waals surface area contributed by atoms with Crippen molar-refractivity contribution in [1.29, 1.82) is 0 Å². The summed E-state index contributed by atoms with van der Waals surface area (Å²) in [6.45, 7) is 4.89. The monoisotopic (exact) mass is 301 g/mol. The first kappa shape index (κ1) is 14.5. The number of aromatic hydroxyl groups is 1. The van der Waals surface area contributed by atoms with E-state index in [9.17, 15) is 9.90 Å². The number of hydrogen-bond acceptors (Lipinski definition) is 5. The van der Waals surface area contributed by atoms with Gasteiger partial charge in [0, 0.05) is 38.2 Å². The largest absolute Gasteiger partial charge is 0.505 e. The zero-order chi connectivity index (χ0) is 15.5. The quantitative estimate of drug-likeness (QED) is 0.884. The number of piperazine rings is 1. The summed E-state index contributed by atoms with van der Waals surface area (Å²) in [5, 5.41) is 9.82. The van der Waals surface area contributed by atoms with Crippen molar-refractivity contribution in [1.82, 2.24) is 24.8 Å². The maximum atomic E-state index is 12.6. The van der Waals surface area contributed by atoms with E-state index in [-0.39, 0.29) is 23.4 Å². The molecule has 1 aliphatic heterocycles. The van der Waals surface area contributed by atoms with E-state index >= 15 is 0 Å². The fourth-order valence-corrected chi connectivity index (χ4v) is 2.81. The van der Waals surface area contributed by atoms with E-state index < -0.39 is 0 Å². The van der Waals surface area contributed by atoms with Crippen molar-refractivity contribution in [3.63, 3.8) is 0 Å². The summed E-state index contributed by atoms with van der Waals surface area (Å²) in [6.07, 6.45) is 5.02. The van der Waals surface area contributed by atoms with Gasteiger partial charge in [-0.2, -0.15) is 0 Å². The number of amides is 1. The van der Waals surface area contributed by atoms with Gasteiger partial charge in [-0.3, -0.25) is 9.69 Å². The molecule has 2 N–H and O–H groups in total. The molecule has 2 aromatic heterocycles. The Labute approximate surface area is 128 Å². The van der Waals surface area contributed by atoms with Crippen molar-refractivity contribution in [2.45, 2.75) is 13.0 Å². The van der Waals surface area contributed by atoms with E-state index in [0.29, 0.717) is 13.1 Å². The predicted molar refractivity (Wildman–Crippen MR) is 80.4 cm³/mol. The Kier molecular flexibility index (Phi) is 4.06. The van der Waals surface area contributed by atoms with Crippen LogP contribution >= 0.6 is 0 Å². The number of nitrogens with one attached hydrogen (secondary N) is 1. The highest BCUT2D eigenvalue weighted by Crippen LogP contribution is 2.24. The van der Waals surface area contributed by atoms with Gasteiger partial charge in [-0.25, -0.2) is 9.97 Å². The second-order valence-corrected chi connectivity index (χ2v) is 5.24. The van der Waals surface area contributed by atoms with Crippen LogP contribution in [0.2, 0.25) is 0 Å². The van der Waals surface area contributed by atoms with E-state index in [0.717, 1.165) is 18.9 Å². The molecule has 0 unspecified atom stereocenters. The highest BCUT2D eigenvalue weighted by atomic mass is 16.3. The van der Waals surface area contributed by atoms with Crippen molar-refractivity contribution >= 4 is 5.91 Å². The summed E-state index contributed by atoms with van der Waals surface area (Å²) in [6, 6.07) is 3.11. The number of likely N-dealkylation sites (N-methyl/N-ethyl adjacent to an activating group) is 1. The molecule has 0 aliphatic carbocycles. The summed E-state index contributed by atoms with van der Waals surface area (Å²) in [7, 11) is 0. The highest BCUT2D eigenvalue weighted by molar-refractivity contribution is 5.94. The number of aromatic amines is 1. The van der Waals surface area contributed by atoms with Crippen LogP contribution in [0.3, 0.4) is 0 Å². The third-order valence-corrected chi connectivity index (χ3v) is 4.01. The predicted octanol–water partition coefficient (Wildman–Crippen LogP) is 1.03. The molecule has 1 saturated heterocycles. The van der Waals surface area contributed by atoms with Gasteiger partial charge in [0.05, 0.1) is 6.04 Å². The third kappa shape index (κ3) is 2.67. The van der Waals surface area contributed by atoms with Crippen LogP contribution in [0.1, 0.15) is 29.3 Å². The molecular weight excluding hydrogens is 282 g/mol. The Hall–Kier alpha value is -2.41. The zero-order valence-electron chi connectivity index (χ0n) is 12.4. The molecule has 0 bridgehead atoms. The standard InChI is InChI=1S/C15H19N5O2/c1-2-19-8-9-20(10-11(19)14-17-6-7-18-14)15(22)13-12(21)4-3-5-16-13/h3-7,11,21H,2,8-10H2,1H3,(H,17,18)/t11-/m1/s1. The molecule has 22 heavy (non-hydrogen) atoms. The molecule has 0 radical (unpaired) electrons. The Morgan fingerprint density at radius 1 is 1.41 bits per heavy atom. The Bertz CT molecular complexity index is 643. The van der Waals surface area contributed by atoms with Crippen molar-refractivity contribution in [3.05, 3.63) is 42.2 Å². The van der Waals surface area contributed by atoms with Crippen molar-refractivity contribution in [2.75, 3.05) is 26.2 Å². The maximum absolute atomic E-state index is 12.6. The number of carbonyl (C=O) groups is 1. The van der Waals surface area contributed by atoms with Crippen molar-refractivity contribution in [2.24, 2.45) is 0 Å². The van der Waals surface area contributed by atoms with Crippen LogP contribution in [0, 0.1) is 0 Å². The van der Waals surface area contributed by atoms with Gasteiger partial charge in [0.15, 0.2) is 5.69 Å². The smallest absolute Gasteiger partial charge is 0.276 e. The molecule has 0 aromatic carbocycles. The molecule has 1 atom stereocenters. The second kappa shape index (κ2) is 6.15. The lowest BCUT2D eigenvalue weighted by Gasteiger charge is -2.39. The zero-order valence-corrected chi connectivity index (χ0v) is 12.4. The van der Waals surface area contributed by atoms with E-state index in [4.69, 9.17) is 0 Å². The molecule has 7 heteroatoms. The molecule has 7 nitrogen and oxygen atoms in total. The van der Waals surface area contributed by atoms with E-state index in [1.807, 2.05) is 0 Å². The maximum Gasteiger partial charge on any atom is 0.276 e. The van der Waals surface area contributed by atoms with Crippen LogP contribution in [0.25, 0.3) is 0 Å². The molecule has 3 rings (SSSR count). The lowest BCUT2D eigenvalue weighted by Crippen LogP contribution is -2.50. The highest BCUT2D eigenvalue weighted by Gasteiger charge is 2.32. The Morgan fingerprint density at radius 3 is 2.95 bits per heavy atom. The molecule has 116 valence electrons. The summed E-state index contributed by atoms with van der Waals surface area (Å²) in [5.41, 5.74) is 0.102. The molecule has 1 amide bonds. The van der Waals surface area contributed by atoms with Crippen molar-refractivity contribution in [3.8, 4) is 5.75 Å². The molecule has 0 spiro atoms. The average Bonchev–Trinajstić information content (AvgIpc) is 3.08. The van der Waals surface area contributed by atoms with Gasteiger partial charge >= 0.3 is 0 Å². The van der Waals surface area contributed by atoms with Gasteiger partial charge in [-0.15, -0.1) is 0 Å². The minimum absolute atomic E-state index is 0.0311. The van der Waals surface area contributed by atoms with Gasteiger partial charge in [0.2, 0.25) is 0 Å². The van der Waals surface area contributed by atoms with E-state index in [1.165, 1.54) is 12.3 Å². The number of nitrogens with zero attached hydrogens (tertiary/aromatic N) is 4. The fraction of sp³-hybridized carbons (Fsp3) is 0.400. The minimum atomic E-state index is -0.245. The van der Waals surface area contributed by atoms with E-state index in [1.54, 1.807) is 23.4 Å². The van der Waals surface area contributed by atoms with Gasteiger partial charge in [0.25, 0.3) is 5.91 Å². The molecule has 3 heterocycles. The first-order valence-corrected chi connectivity index (χ1v) is 7.37. The van der Waals surface area contributed by atoms with E-state index in [2.05, 4.69) is 26.8 Å². The number of H-pyrrole nitrogens is 1. The number of pyridine rings is 1. The van der Waals surface area contributed by atoms with Crippen LogP contribution < -0.4 is 0 Å². The van der Waals surface area contributed by atoms with Crippen LogP contribution in [-0.2, 0) is 0 Å². The summed E-state index contributed by atoms with van der Waals surface area (Å²) < 4.78 is 0. The third-order valence-electron chi connectivity index (χ3n) is 4.01. The molecule has 1 fully saturated rings. The van der Waals surface area contributed by atoms with Gasteiger partial charge < -0.3 is 15.0 Å². The lowest BCUT2D eigenvalue weighted by molar-refractivity contribution is 0.0472. The van der Waals surface area contributed by atoms with Crippen LogP contribution in [0.5, 0.6) is 5.75 Å². The average molecular weight is 301 g/mol. The normalized spacial score (nSPS) is 19.3.